The van der Waals surface area contributed by atoms with Crippen molar-refractivity contribution >= 4 is 11.6 Å². The zero-order chi connectivity index (χ0) is 12.5. The highest BCUT2D eigenvalue weighted by molar-refractivity contribution is 6.30. The van der Waals surface area contributed by atoms with Gasteiger partial charge in [0, 0.05) is 18.3 Å². The lowest BCUT2D eigenvalue weighted by molar-refractivity contribution is -0.137. The minimum Gasteiger partial charge on any atom is -0.378 e. The molecule has 0 amide bonds. The van der Waals surface area contributed by atoms with Crippen LogP contribution in [0.3, 0.4) is 0 Å². The second-order valence-corrected chi connectivity index (χ2v) is 4.04. The first-order valence-corrected chi connectivity index (χ1v) is 5.40. The van der Waals surface area contributed by atoms with E-state index in [-0.39, 0.29) is 11.2 Å². The maximum atomic E-state index is 12.5. The van der Waals surface area contributed by atoms with Crippen LogP contribution in [-0.2, 0) is 10.9 Å². The predicted molar refractivity (Wildman–Crippen MR) is 55.8 cm³/mol. The van der Waals surface area contributed by atoms with Crippen molar-refractivity contribution in [2.45, 2.75) is 12.2 Å². The summed E-state index contributed by atoms with van der Waals surface area (Å²) in [6.07, 6.45) is -3.68. The fourth-order valence-corrected chi connectivity index (χ4v) is 1.86. The number of nitrogens with one attached hydrogen (secondary N) is 1. The van der Waals surface area contributed by atoms with Gasteiger partial charge in [0.05, 0.1) is 24.8 Å². The fourth-order valence-electron chi connectivity index (χ4n) is 1.63. The van der Waals surface area contributed by atoms with E-state index in [0.717, 1.165) is 12.3 Å². The van der Waals surface area contributed by atoms with Crippen LogP contribution in [0.1, 0.15) is 17.2 Å². The first-order chi connectivity index (χ1) is 7.98. The van der Waals surface area contributed by atoms with E-state index in [0.29, 0.717) is 25.3 Å². The van der Waals surface area contributed by atoms with Gasteiger partial charge >= 0.3 is 6.18 Å². The zero-order valence-electron chi connectivity index (χ0n) is 8.72. The highest BCUT2D eigenvalue weighted by Crippen LogP contribution is 2.32. The number of nitrogens with zero attached hydrogens (tertiary/aromatic N) is 1. The summed E-state index contributed by atoms with van der Waals surface area (Å²) in [6, 6.07) is 0.674. The molecule has 7 heteroatoms. The molecule has 17 heavy (non-hydrogen) atoms. The smallest absolute Gasteiger partial charge is 0.378 e. The number of alkyl halides is 3. The molecule has 1 aliphatic rings. The molecule has 0 saturated carbocycles. The average molecular weight is 267 g/mol. The third-order valence-electron chi connectivity index (χ3n) is 2.49. The topological polar surface area (TPSA) is 34.1 Å². The Bertz CT molecular complexity index is 405. The summed E-state index contributed by atoms with van der Waals surface area (Å²) in [4.78, 5) is 3.57. The molecule has 0 radical (unpaired) electrons. The molecule has 0 aromatic carbocycles. The Hall–Kier alpha value is -0.850. The Morgan fingerprint density at radius 2 is 2.24 bits per heavy atom. The zero-order valence-corrected chi connectivity index (χ0v) is 9.48. The second-order valence-electron chi connectivity index (χ2n) is 3.68. The Morgan fingerprint density at radius 1 is 1.47 bits per heavy atom. The van der Waals surface area contributed by atoms with E-state index in [2.05, 4.69) is 10.3 Å². The first kappa shape index (κ1) is 12.6. The molecule has 94 valence electrons. The Kier molecular flexibility index (Phi) is 3.56. The molecule has 1 aromatic rings. The maximum absolute atomic E-state index is 12.5. The van der Waals surface area contributed by atoms with E-state index in [1.54, 1.807) is 0 Å². The summed E-state index contributed by atoms with van der Waals surface area (Å²) in [5, 5.41) is 3.11. The van der Waals surface area contributed by atoms with E-state index in [4.69, 9.17) is 16.3 Å². The van der Waals surface area contributed by atoms with Crippen molar-refractivity contribution in [2.24, 2.45) is 0 Å². The first-order valence-electron chi connectivity index (χ1n) is 5.02. The van der Waals surface area contributed by atoms with Gasteiger partial charge in [-0.3, -0.25) is 0 Å². The molecular weight excluding hydrogens is 257 g/mol. The lowest BCUT2D eigenvalue weighted by Crippen LogP contribution is -2.35. The van der Waals surface area contributed by atoms with Gasteiger partial charge < -0.3 is 10.1 Å². The number of ether oxygens (including phenoxy) is 1. The molecule has 1 unspecified atom stereocenters. The van der Waals surface area contributed by atoms with Crippen molar-refractivity contribution < 1.29 is 17.9 Å². The van der Waals surface area contributed by atoms with Crippen LogP contribution >= 0.6 is 11.6 Å². The molecule has 0 spiro atoms. The number of halogens is 4. The number of hydrogen-bond donors (Lipinski definition) is 1. The van der Waals surface area contributed by atoms with Crippen LogP contribution in [0.2, 0.25) is 5.15 Å². The van der Waals surface area contributed by atoms with E-state index >= 15 is 0 Å². The molecule has 1 N–H and O–H groups in total. The summed E-state index contributed by atoms with van der Waals surface area (Å²) in [7, 11) is 0. The van der Waals surface area contributed by atoms with Gasteiger partial charge in [0.1, 0.15) is 5.15 Å². The summed E-state index contributed by atoms with van der Waals surface area (Å²) < 4.78 is 42.8. The predicted octanol–water partition coefficient (Wildman–Crippen LogP) is 2.41. The van der Waals surface area contributed by atoms with Gasteiger partial charge in [-0.1, -0.05) is 11.6 Å². The van der Waals surface area contributed by atoms with Crippen LogP contribution < -0.4 is 5.32 Å². The molecule has 0 bridgehead atoms. The molecule has 1 saturated heterocycles. The molecule has 0 aliphatic carbocycles. The highest BCUT2D eigenvalue weighted by atomic mass is 35.5. The molecule has 1 fully saturated rings. The number of hydrogen-bond acceptors (Lipinski definition) is 3. The van der Waals surface area contributed by atoms with Crippen LogP contribution in [0.4, 0.5) is 13.2 Å². The molecule has 1 aliphatic heterocycles. The monoisotopic (exact) mass is 266 g/mol. The standard InChI is InChI=1S/C10H10ClF3N2O/c11-9-7(8-5-17-2-1-15-8)3-6(4-16-9)10(12,13)14/h3-4,8,15H,1-2,5H2. The van der Waals surface area contributed by atoms with Crippen molar-refractivity contribution in [1.29, 1.82) is 0 Å². The Morgan fingerprint density at radius 3 is 2.82 bits per heavy atom. The summed E-state index contributed by atoms with van der Waals surface area (Å²) >= 11 is 5.81. The lowest BCUT2D eigenvalue weighted by Gasteiger charge is -2.25. The van der Waals surface area contributed by atoms with Gasteiger partial charge in [0.2, 0.25) is 0 Å². The summed E-state index contributed by atoms with van der Waals surface area (Å²) in [5.74, 6) is 0. The van der Waals surface area contributed by atoms with Crippen molar-refractivity contribution in [3.8, 4) is 0 Å². The molecule has 2 heterocycles. The van der Waals surface area contributed by atoms with E-state index < -0.39 is 11.7 Å². The van der Waals surface area contributed by atoms with Crippen LogP contribution in [0.5, 0.6) is 0 Å². The van der Waals surface area contributed by atoms with Gasteiger partial charge in [-0.15, -0.1) is 0 Å². The number of rotatable bonds is 1. The lowest BCUT2D eigenvalue weighted by atomic mass is 10.1. The Balaban J connectivity index is 2.31. The molecule has 1 aromatic heterocycles. The van der Waals surface area contributed by atoms with E-state index in [1.807, 2.05) is 0 Å². The van der Waals surface area contributed by atoms with Crippen LogP contribution in [0.25, 0.3) is 0 Å². The summed E-state index contributed by atoms with van der Waals surface area (Å²) in [6.45, 7) is 1.42. The SMILES string of the molecule is FC(F)(F)c1cnc(Cl)c(C2COCCN2)c1. The number of aromatic nitrogens is 1. The van der Waals surface area contributed by atoms with E-state index in [1.165, 1.54) is 0 Å². The van der Waals surface area contributed by atoms with Crippen molar-refractivity contribution in [1.82, 2.24) is 10.3 Å². The van der Waals surface area contributed by atoms with Gasteiger partial charge in [-0.25, -0.2) is 4.98 Å². The van der Waals surface area contributed by atoms with Gasteiger partial charge in [0.15, 0.2) is 0 Å². The largest absolute Gasteiger partial charge is 0.417 e. The van der Waals surface area contributed by atoms with Crippen LogP contribution in [0.15, 0.2) is 12.3 Å². The Labute approximate surface area is 101 Å². The average Bonchev–Trinajstić information content (AvgIpc) is 2.29. The third kappa shape index (κ3) is 2.88. The van der Waals surface area contributed by atoms with Gasteiger partial charge in [0.25, 0.3) is 0 Å². The van der Waals surface area contributed by atoms with Gasteiger partial charge in [-0.2, -0.15) is 13.2 Å². The van der Waals surface area contributed by atoms with Crippen molar-refractivity contribution in [3.05, 3.63) is 28.5 Å². The van der Waals surface area contributed by atoms with E-state index in [9.17, 15) is 13.2 Å². The minimum absolute atomic E-state index is 0.0704. The quantitative estimate of drug-likeness (QED) is 0.793. The molecule has 3 nitrogen and oxygen atoms in total. The third-order valence-corrected chi connectivity index (χ3v) is 2.81. The molecule has 2 rings (SSSR count). The van der Waals surface area contributed by atoms with Crippen LogP contribution in [-0.4, -0.2) is 24.7 Å². The molecular formula is C10H10ClF3N2O. The summed E-state index contributed by atoms with van der Waals surface area (Å²) in [5.41, 5.74) is -0.481. The van der Waals surface area contributed by atoms with Crippen molar-refractivity contribution in [2.75, 3.05) is 19.8 Å². The second kappa shape index (κ2) is 4.80. The minimum atomic E-state index is -4.41. The number of morpholine rings is 1. The van der Waals surface area contributed by atoms with Gasteiger partial charge in [-0.05, 0) is 6.07 Å². The normalized spacial score (nSPS) is 21.5. The number of pyridine rings is 1. The molecule has 1 atom stereocenters. The highest BCUT2D eigenvalue weighted by Gasteiger charge is 2.32. The fraction of sp³-hybridized carbons (Fsp3) is 0.500. The van der Waals surface area contributed by atoms with Crippen LogP contribution in [0, 0.1) is 0 Å². The van der Waals surface area contributed by atoms with Crippen molar-refractivity contribution in [3.63, 3.8) is 0 Å². The maximum Gasteiger partial charge on any atom is 0.417 e.